The number of rotatable bonds is 4. The van der Waals surface area contributed by atoms with Crippen LogP contribution in [-0.4, -0.2) is 62.9 Å². The number of halogens is 1. The van der Waals surface area contributed by atoms with Gasteiger partial charge in [0.2, 0.25) is 0 Å². The normalized spacial score (nSPS) is 20.9. The first-order valence-corrected chi connectivity index (χ1v) is 13.1. The number of fused-ring (bicyclic) bond motifs is 1. The number of aromatic nitrogens is 3. The number of thioether (sulfide) groups is 1. The highest BCUT2D eigenvalue weighted by Crippen LogP contribution is 2.33. The minimum absolute atomic E-state index is 0.323. The van der Waals surface area contributed by atoms with Crippen LogP contribution in [0.4, 0.5) is 10.5 Å². The number of hydrogen-bond acceptors (Lipinski definition) is 7. The summed E-state index contributed by atoms with van der Waals surface area (Å²) in [4.78, 5) is 33.1. The Morgan fingerprint density at radius 3 is 2.57 bits per heavy atom. The summed E-state index contributed by atoms with van der Waals surface area (Å²) in [6.07, 6.45) is 8.78. The lowest BCUT2D eigenvalue weighted by Crippen LogP contribution is -2.49. The van der Waals surface area contributed by atoms with Gasteiger partial charge in [0.1, 0.15) is 0 Å². The van der Waals surface area contributed by atoms with E-state index < -0.39 is 5.91 Å². The Hall–Kier alpha value is -2.88. The van der Waals surface area contributed by atoms with Gasteiger partial charge in [-0.25, -0.2) is 9.50 Å². The van der Waals surface area contributed by atoms with Crippen molar-refractivity contribution in [3.63, 3.8) is 0 Å². The number of carbonyl (C=O) groups is 2. The van der Waals surface area contributed by atoms with Gasteiger partial charge in [-0.05, 0) is 54.9 Å². The molecule has 35 heavy (non-hydrogen) atoms. The summed E-state index contributed by atoms with van der Waals surface area (Å²) in [6.45, 7) is 4.14. The zero-order chi connectivity index (χ0) is 23.9. The third-order valence-electron chi connectivity index (χ3n) is 7.04. The zero-order valence-corrected chi connectivity index (χ0v) is 20.7. The molecule has 180 valence electrons. The van der Waals surface area contributed by atoms with Crippen molar-refractivity contribution in [1.82, 2.24) is 24.8 Å². The minimum Gasteiger partial charge on any atom is -0.368 e. The van der Waals surface area contributed by atoms with Crippen molar-refractivity contribution in [1.29, 1.82) is 0 Å². The number of anilines is 1. The zero-order valence-electron chi connectivity index (χ0n) is 19.1. The maximum atomic E-state index is 11.9. The molecule has 1 aromatic carbocycles. The Kier molecular flexibility index (Phi) is 5.99. The fraction of sp³-hybridized carbons (Fsp3) is 0.360. The minimum atomic E-state index is -0.404. The van der Waals surface area contributed by atoms with Gasteiger partial charge in [0.25, 0.3) is 11.1 Å². The van der Waals surface area contributed by atoms with E-state index in [0.29, 0.717) is 21.3 Å². The lowest BCUT2D eigenvalue weighted by molar-refractivity contribution is -0.115. The third-order valence-corrected chi connectivity index (χ3v) is 8.16. The summed E-state index contributed by atoms with van der Waals surface area (Å²) in [5.41, 5.74) is 4.02. The highest BCUT2D eigenvalue weighted by molar-refractivity contribution is 8.18. The maximum Gasteiger partial charge on any atom is 0.290 e. The smallest absolute Gasteiger partial charge is 0.290 e. The van der Waals surface area contributed by atoms with Crippen LogP contribution in [0.25, 0.3) is 23.0 Å². The molecule has 1 N–H and O–H groups in total. The molecule has 8 nitrogen and oxygen atoms in total. The van der Waals surface area contributed by atoms with Crippen LogP contribution in [0.5, 0.6) is 0 Å². The number of benzene rings is 1. The number of amides is 2. The standard InChI is InChI=1S/C25H25ClN6O2S/c26-19-13-16(5-7-20(19)31-11-9-30(10-12-31)18-3-1-2-4-18)21-15-27-23-8-6-17(29-32(21)23)14-22-24(33)28-25(34)35-22/h5-8,13-15,18H,1-4,9-12H2,(H,28,33,34). The van der Waals surface area contributed by atoms with Crippen molar-refractivity contribution >= 4 is 51.9 Å². The summed E-state index contributed by atoms with van der Waals surface area (Å²) < 4.78 is 1.73. The first-order chi connectivity index (χ1) is 17.0. The van der Waals surface area contributed by atoms with Gasteiger partial charge in [0.05, 0.1) is 33.2 Å². The van der Waals surface area contributed by atoms with Gasteiger partial charge in [-0.3, -0.25) is 19.8 Å². The van der Waals surface area contributed by atoms with Gasteiger partial charge in [-0.2, -0.15) is 5.10 Å². The van der Waals surface area contributed by atoms with Crippen LogP contribution < -0.4 is 10.2 Å². The summed E-state index contributed by atoms with van der Waals surface area (Å²) in [5.74, 6) is -0.404. The van der Waals surface area contributed by atoms with Gasteiger partial charge in [0.15, 0.2) is 5.65 Å². The Balaban J connectivity index is 1.23. The van der Waals surface area contributed by atoms with Crippen LogP contribution in [-0.2, 0) is 4.79 Å². The van der Waals surface area contributed by atoms with E-state index in [1.807, 2.05) is 12.1 Å². The monoisotopic (exact) mass is 508 g/mol. The molecule has 4 heterocycles. The average Bonchev–Trinajstić information content (AvgIpc) is 3.60. The van der Waals surface area contributed by atoms with E-state index in [2.05, 4.69) is 37.3 Å². The number of carbonyl (C=O) groups excluding carboxylic acids is 2. The Morgan fingerprint density at radius 2 is 1.86 bits per heavy atom. The molecule has 6 rings (SSSR count). The summed E-state index contributed by atoms with van der Waals surface area (Å²) >= 11 is 7.65. The third kappa shape index (κ3) is 4.44. The predicted octanol–water partition coefficient (Wildman–Crippen LogP) is 4.44. The molecule has 3 aromatic rings. The fourth-order valence-electron chi connectivity index (χ4n) is 5.24. The van der Waals surface area contributed by atoms with E-state index in [1.54, 1.807) is 22.9 Å². The van der Waals surface area contributed by atoms with E-state index >= 15 is 0 Å². The molecule has 3 aliphatic rings. The molecular formula is C25H25ClN6O2S. The molecule has 2 aliphatic heterocycles. The highest BCUT2D eigenvalue weighted by atomic mass is 35.5. The topological polar surface area (TPSA) is 82.8 Å². The lowest BCUT2D eigenvalue weighted by Gasteiger charge is -2.39. The second-order valence-corrected chi connectivity index (χ2v) is 10.6. The molecule has 1 saturated carbocycles. The molecule has 2 aromatic heterocycles. The molecule has 1 aliphatic carbocycles. The molecular weight excluding hydrogens is 484 g/mol. The van der Waals surface area contributed by atoms with Gasteiger partial charge in [-0.15, -0.1) is 0 Å². The SMILES string of the molecule is O=C1NC(=O)C(=Cc2ccc3ncc(-c4ccc(N5CCN(C6CCCC6)CC5)c(Cl)c4)n3n2)S1. The van der Waals surface area contributed by atoms with Gasteiger partial charge in [0, 0.05) is 37.8 Å². The Morgan fingerprint density at radius 1 is 1.06 bits per heavy atom. The van der Waals surface area contributed by atoms with E-state index in [-0.39, 0.29) is 5.24 Å². The van der Waals surface area contributed by atoms with Crippen LogP contribution in [0.15, 0.2) is 41.4 Å². The number of hydrogen-bond donors (Lipinski definition) is 1. The summed E-state index contributed by atoms with van der Waals surface area (Å²) in [5, 5.41) is 7.23. The number of nitrogens with one attached hydrogen (secondary N) is 1. The Bertz CT molecular complexity index is 1340. The Labute approximate surface area is 212 Å². The van der Waals surface area contributed by atoms with Crippen LogP contribution in [0.2, 0.25) is 5.02 Å². The van der Waals surface area contributed by atoms with Crippen LogP contribution in [0.1, 0.15) is 31.4 Å². The lowest BCUT2D eigenvalue weighted by atomic mass is 10.1. The van der Waals surface area contributed by atoms with Crippen LogP contribution in [0, 0.1) is 0 Å². The molecule has 0 atom stereocenters. The molecule has 2 saturated heterocycles. The molecule has 0 bridgehead atoms. The molecule has 0 unspecified atom stereocenters. The first kappa shape index (κ1) is 22.6. The van der Waals surface area contributed by atoms with Crippen molar-refractivity contribution in [2.24, 2.45) is 0 Å². The number of imide groups is 1. The van der Waals surface area contributed by atoms with Crippen LogP contribution >= 0.6 is 23.4 Å². The van der Waals surface area contributed by atoms with Crippen molar-refractivity contribution < 1.29 is 9.59 Å². The molecule has 0 radical (unpaired) electrons. The predicted molar refractivity (Wildman–Crippen MR) is 139 cm³/mol. The van der Waals surface area contributed by atoms with Crippen molar-refractivity contribution in [3.05, 3.63) is 52.2 Å². The van der Waals surface area contributed by atoms with E-state index in [9.17, 15) is 9.59 Å². The van der Waals surface area contributed by atoms with E-state index in [1.165, 1.54) is 25.7 Å². The molecule has 10 heteroatoms. The van der Waals surface area contributed by atoms with Gasteiger partial charge >= 0.3 is 0 Å². The fourth-order valence-corrected chi connectivity index (χ4v) is 6.20. The number of nitrogens with zero attached hydrogens (tertiary/aromatic N) is 5. The largest absolute Gasteiger partial charge is 0.368 e. The van der Waals surface area contributed by atoms with Crippen molar-refractivity contribution in [3.8, 4) is 11.3 Å². The van der Waals surface area contributed by atoms with Gasteiger partial charge < -0.3 is 4.90 Å². The van der Waals surface area contributed by atoms with E-state index in [0.717, 1.165) is 60.9 Å². The molecule has 3 fully saturated rings. The summed E-state index contributed by atoms with van der Waals surface area (Å²) in [7, 11) is 0. The average molecular weight is 509 g/mol. The van der Waals surface area contributed by atoms with Gasteiger partial charge in [-0.1, -0.05) is 30.5 Å². The number of piperazine rings is 1. The highest BCUT2D eigenvalue weighted by Gasteiger charge is 2.27. The quantitative estimate of drug-likeness (QED) is 0.522. The van der Waals surface area contributed by atoms with Crippen LogP contribution in [0.3, 0.4) is 0 Å². The molecule has 2 amide bonds. The second-order valence-electron chi connectivity index (χ2n) is 9.15. The maximum absolute atomic E-state index is 11.9. The first-order valence-electron chi connectivity index (χ1n) is 11.9. The second kappa shape index (κ2) is 9.29. The summed E-state index contributed by atoms with van der Waals surface area (Å²) in [6, 6.07) is 10.5. The van der Waals surface area contributed by atoms with E-state index in [4.69, 9.17) is 11.6 Å². The number of imidazole rings is 1. The van der Waals surface area contributed by atoms with Crippen molar-refractivity contribution in [2.75, 3.05) is 31.1 Å². The molecule has 0 spiro atoms. The van der Waals surface area contributed by atoms with Crippen molar-refractivity contribution in [2.45, 2.75) is 31.7 Å².